The molecule has 3 aliphatic rings. The maximum absolute atomic E-state index is 13.3. The smallest absolute Gasteiger partial charge is 0.277 e. The number of amides is 3. The molecule has 0 atom stereocenters. The van der Waals surface area contributed by atoms with Crippen LogP contribution in [0.5, 0.6) is 0 Å². The zero-order valence-corrected chi connectivity index (χ0v) is 23.4. The van der Waals surface area contributed by atoms with E-state index in [4.69, 9.17) is 4.42 Å². The molecule has 0 spiro atoms. The Bertz CT molecular complexity index is 1450. The fourth-order valence-corrected chi connectivity index (χ4v) is 5.42. The topological polar surface area (TPSA) is 124 Å². The molecule has 2 N–H and O–H groups in total. The standard InChI is InChI=1S/C30H34FN7O4/c31-26-9-7-22(18-33-26)36-13-15-37(16-14-36)25-8-6-21(28(40)32-10-2-12-38-11-1-3-27(38)39)17-23(25)34-29(41)24-19-42-30(35-24)20-4-5-20/h6-9,17-20H,1-5,10-16H2,(H,32,40)(H,34,41). The van der Waals surface area contributed by atoms with Crippen LogP contribution in [0.15, 0.2) is 47.2 Å². The van der Waals surface area contributed by atoms with Crippen molar-refractivity contribution in [2.45, 2.75) is 38.0 Å². The molecule has 3 aromatic rings. The van der Waals surface area contributed by atoms with E-state index in [-0.39, 0.29) is 23.4 Å². The number of pyridine rings is 1. The van der Waals surface area contributed by atoms with E-state index >= 15 is 0 Å². The lowest BCUT2D eigenvalue weighted by Crippen LogP contribution is -2.46. The summed E-state index contributed by atoms with van der Waals surface area (Å²) in [4.78, 5) is 52.3. The van der Waals surface area contributed by atoms with Gasteiger partial charge in [0.15, 0.2) is 11.6 Å². The first-order chi connectivity index (χ1) is 20.4. The number of halogens is 1. The third kappa shape index (κ3) is 6.37. The van der Waals surface area contributed by atoms with E-state index in [1.807, 2.05) is 11.0 Å². The first kappa shape index (κ1) is 27.7. The molecule has 2 saturated heterocycles. The molecular formula is C30H34FN7O4. The van der Waals surface area contributed by atoms with Crippen LogP contribution in [-0.4, -0.2) is 78.4 Å². The highest BCUT2D eigenvalue weighted by Crippen LogP contribution is 2.39. The van der Waals surface area contributed by atoms with Crippen molar-refractivity contribution < 1.29 is 23.2 Å². The minimum Gasteiger partial charge on any atom is -0.448 e. The Kier molecular flexibility index (Phi) is 8.02. The number of aromatic nitrogens is 2. The second-order valence-corrected chi connectivity index (χ2v) is 10.9. The summed E-state index contributed by atoms with van der Waals surface area (Å²) >= 11 is 0. The molecule has 1 aromatic carbocycles. The lowest BCUT2D eigenvalue weighted by Gasteiger charge is -2.38. The van der Waals surface area contributed by atoms with Crippen LogP contribution in [0.1, 0.15) is 64.8 Å². The number of anilines is 3. The number of rotatable bonds is 10. The van der Waals surface area contributed by atoms with Crippen LogP contribution in [0.2, 0.25) is 0 Å². The van der Waals surface area contributed by atoms with E-state index in [1.165, 1.54) is 18.5 Å². The predicted octanol–water partition coefficient (Wildman–Crippen LogP) is 3.41. The highest BCUT2D eigenvalue weighted by atomic mass is 19.1. The lowest BCUT2D eigenvalue weighted by molar-refractivity contribution is -0.127. The Morgan fingerprint density at radius 3 is 2.55 bits per heavy atom. The van der Waals surface area contributed by atoms with Crippen LogP contribution in [-0.2, 0) is 4.79 Å². The van der Waals surface area contributed by atoms with Crippen molar-refractivity contribution in [3.63, 3.8) is 0 Å². The molecular weight excluding hydrogens is 541 g/mol. The number of carbonyl (C=O) groups is 3. The number of nitrogens with zero attached hydrogens (tertiary/aromatic N) is 5. The summed E-state index contributed by atoms with van der Waals surface area (Å²) in [6, 6.07) is 8.35. The number of carbonyl (C=O) groups excluding carboxylic acids is 3. The maximum atomic E-state index is 13.3. The van der Waals surface area contributed by atoms with E-state index < -0.39 is 11.9 Å². The van der Waals surface area contributed by atoms with E-state index in [9.17, 15) is 18.8 Å². The molecule has 4 heterocycles. The van der Waals surface area contributed by atoms with Crippen LogP contribution in [0.4, 0.5) is 21.5 Å². The van der Waals surface area contributed by atoms with Crippen molar-refractivity contribution in [3.8, 4) is 0 Å². The van der Waals surface area contributed by atoms with Crippen molar-refractivity contribution >= 4 is 34.8 Å². The Labute approximate surface area is 243 Å². The summed E-state index contributed by atoms with van der Waals surface area (Å²) < 4.78 is 18.8. The summed E-state index contributed by atoms with van der Waals surface area (Å²) in [6.07, 6.45) is 7.08. The summed E-state index contributed by atoms with van der Waals surface area (Å²) in [5.41, 5.74) is 2.76. The highest BCUT2D eigenvalue weighted by molar-refractivity contribution is 6.06. The number of oxazole rings is 1. The van der Waals surface area contributed by atoms with Gasteiger partial charge in [-0.1, -0.05) is 0 Å². The number of likely N-dealkylation sites (tertiary alicyclic amines) is 1. The van der Waals surface area contributed by atoms with Gasteiger partial charge in [0.2, 0.25) is 11.9 Å². The van der Waals surface area contributed by atoms with Crippen LogP contribution in [0.3, 0.4) is 0 Å². The van der Waals surface area contributed by atoms with Crippen LogP contribution in [0.25, 0.3) is 0 Å². The molecule has 6 rings (SSSR count). The van der Waals surface area contributed by atoms with Crippen molar-refractivity contribution in [1.29, 1.82) is 0 Å². The van der Waals surface area contributed by atoms with Crippen LogP contribution >= 0.6 is 0 Å². The first-order valence-corrected chi connectivity index (χ1v) is 14.5. The average Bonchev–Trinajstić information content (AvgIpc) is 3.59. The minimum atomic E-state index is -0.514. The van der Waals surface area contributed by atoms with Gasteiger partial charge in [0, 0.05) is 63.7 Å². The summed E-state index contributed by atoms with van der Waals surface area (Å²) in [5.74, 6) is -0.142. The molecule has 1 saturated carbocycles. The second kappa shape index (κ2) is 12.2. The fourth-order valence-electron chi connectivity index (χ4n) is 5.42. The molecule has 0 bridgehead atoms. The molecule has 1 aliphatic carbocycles. The number of piperazine rings is 1. The summed E-state index contributed by atoms with van der Waals surface area (Å²) in [6.45, 7) is 4.50. The summed E-state index contributed by atoms with van der Waals surface area (Å²) in [5, 5.41) is 5.89. The Morgan fingerprint density at radius 2 is 1.83 bits per heavy atom. The van der Waals surface area contributed by atoms with Gasteiger partial charge >= 0.3 is 0 Å². The minimum absolute atomic E-state index is 0.170. The third-order valence-corrected chi connectivity index (χ3v) is 7.95. The molecule has 2 aromatic heterocycles. The third-order valence-electron chi connectivity index (χ3n) is 7.95. The van der Waals surface area contributed by atoms with Gasteiger partial charge in [0.05, 0.1) is 23.3 Å². The quantitative estimate of drug-likeness (QED) is 0.279. The monoisotopic (exact) mass is 575 g/mol. The molecule has 0 unspecified atom stereocenters. The van der Waals surface area contributed by atoms with Gasteiger partial charge in [0.1, 0.15) is 6.26 Å². The molecule has 2 aliphatic heterocycles. The highest BCUT2D eigenvalue weighted by Gasteiger charge is 2.30. The van der Waals surface area contributed by atoms with Crippen molar-refractivity contribution in [1.82, 2.24) is 20.2 Å². The molecule has 0 radical (unpaired) electrons. The van der Waals surface area contributed by atoms with Crippen molar-refractivity contribution in [2.24, 2.45) is 0 Å². The molecule has 3 fully saturated rings. The maximum Gasteiger partial charge on any atom is 0.277 e. The van der Waals surface area contributed by atoms with E-state index in [1.54, 1.807) is 18.2 Å². The SMILES string of the molecule is O=C(NCCCN1CCCC1=O)c1ccc(N2CCN(c3ccc(F)nc3)CC2)c(NC(=O)c2coc(C3CC3)n2)c1. The molecule has 42 heavy (non-hydrogen) atoms. The number of hydrogen-bond donors (Lipinski definition) is 2. The number of nitrogens with one attached hydrogen (secondary N) is 2. The second-order valence-electron chi connectivity index (χ2n) is 10.9. The summed E-state index contributed by atoms with van der Waals surface area (Å²) in [7, 11) is 0. The number of benzene rings is 1. The van der Waals surface area contributed by atoms with E-state index in [0.29, 0.717) is 69.3 Å². The fraction of sp³-hybridized carbons (Fsp3) is 0.433. The first-order valence-electron chi connectivity index (χ1n) is 14.5. The Hall–Kier alpha value is -4.48. The number of hydrogen-bond acceptors (Lipinski definition) is 8. The Balaban J connectivity index is 1.14. The van der Waals surface area contributed by atoms with Gasteiger partial charge in [-0.2, -0.15) is 4.39 Å². The van der Waals surface area contributed by atoms with Gasteiger partial charge in [-0.3, -0.25) is 14.4 Å². The van der Waals surface area contributed by atoms with Crippen molar-refractivity contribution in [3.05, 3.63) is 65.9 Å². The average molecular weight is 576 g/mol. The van der Waals surface area contributed by atoms with Gasteiger partial charge in [-0.25, -0.2) is 9.97 Å². The van der Waals surface area contributed by atoms with Gasteiger partial charge in [-0.15, -0.1) is 0 Å². The van der Waals surface area contributed by atoms with Gasteiger partial charge in [0.25, 0.3) is 11.8 Å². The van der Waals surface area contributed by atoms with E-state index in [0.717, 1.165) is 37.2 Å². The van der Waals surface area contributed by atoms with Crippen molar-refractivity contribution in [2.75, 3.05) is 60.9 Å². The van der Waals surface area contributed by atoms with Crippen LogP contribution in [0, 0.1) is 5.95 Å². The zero-order valence-electron chi connectivity index (χ0n) is 23.4. The zero-order chi connectivity index (χ0) is 29.1. The predicted molar refractivity (Wildman–Crippen MR) is 154 cm³/mol. The molecule has 12 heteroatoms. The van der Waals surface area contributed by atoms with E-state index in [2.05, 4.69) is 30.4 Å². The van der Waals surface area contributed by atoms with Crippen LogP contribution < -0.4 is 20.4 Å². The molecule has 11 nitrogen and oxygen atoms in total. The Morgan fingerprint density at radius 1 is 1.02 bits per heavy atom. The largest absolute Gasteiger partial charge is 0.448 e. The van der Waals surface area contributed by atoms with Gasteiger partial charge in [-0.05, 0) is 56.0 Å². The van der Waals surface area contributed by atoms with Gasteiger partial charge < -0.3 is 29.8 Å². The normalized spacial score (nSPS) is 17.1. The molecule has 3 amide bonds. The lowest BCUT2D eigenvalue weighted by atomic mass is 10.1. The molecule has 220 valence electrons.